The Hall–Kier alpha value is -2.14. The number of carboxylic acids is 1. The van der Waals surface area contributed by atoms with Crippen LogP contribution in [0.5, 0.6) is 5.75 Å². The first-order valence-corrected chi connectivity index (χ1v) is 10.6. The Morgan fingerprint density at radius 1 is 1.11 bits per heavy atom. The molecule has 1 saturated heterocycles. The molecule has 5 nitrogen and oxygen atoms in total. The van der Waals surface area contributed by atoms with Crippen LogP contribution in [-0.4, -0.2) is 40.2 Å². The molecule has 0 bridgehead atoms. The van der Waals surface area contributed by atoms with Crippen LogP contribution < -0.4 is 4.74 Å². The normalized spacial score (nSPS) is 24.3. The Labute approximate surface area is 166 Å². The first kappa shape index (κ1) is 19.2. The molecule has 28 heavy (non-hydrogen) atoms. The molecule has 2 heterocycles. The third kappa shape index (κ3) is 4.64. The molecule has 1 aromatic heterocycles. The van der Waals surface area contributed by atoms with Gasteiger partial charge in [-0.05, 0) is 81.8 Å². The second-order valence-electron chi connectivity index (χ2n) is 8.55. The van der Waals surface area contributed by atoms with Crippen LogP contribution in [0.25, 0.3) is 10.9 Å². The molecule has 0 radical (unpaired) electrons. The number of carboxylic acid groups (broad SMARTS) is 1. The zero-order chi connectivity index (χ0) is 19.5. The maximum absolute atomic E-state index is 11.1. The molecule has 1 saturated carbocycles. The molecule has 5 heteroatoms. The van der Waals surface area contributed by atoms with Crippen molar-refractivity contribution >= 4 is 16.9 Å². The van der Waals surface area contributed by atoms with E-state index < -0.39 is 5.97 Å². The zero-order valence-corrected chi connectivity index (χ0v) is 16.6. The standard InChI is InChI=1S/C23H30N2O3/c1-16-2-6-20(7-3-16)28-21-8-9-22-18(14-21)4-5-19(24-22)15-25-12-10-17(11-13-25)23(26)27/h4-5,8-9,14,16-17,20H,2-3,6-7,10-13,15H2,1H3,(H,26,27)/t16-,20-. The number of fused-ring (bicyclic) bond motifs is 1. The smallest absolute Gasteiger partial charge is 0.306 e. The summed E-state index contributed by atoms with van der Waals surface area (Å²) < 4.78 is 6.21. The Morgan fingerprint density at radius 3 is 2.57 bits per heavy atom. The van der Waals surface area contributed by atoms with Crippen LogP contribution in [0.3, 0.4) is 0 Å². The van der Waals surface area contributed by atoms with E-state index in [-0.39, 0.29) is 5.92 Å². The van der Waals surface area contributed by atoms with Crippen LogP contribution in [0.4, 0.5) is 0 Å². The van der Waals surface area contributed by atoms with Crippen LogP contribution >= 0.6 is 0 Å². The van der Waals surface area contributed by atoms with Gasteiger partial charge in [-0.15, -0.1) is 0 Å². The average molecular weight is 383 g/mol. The molecule has 0 spiro atoms. The van der Waals surface area contributed by atoms with Crippen molar-refractivity contribution in [3.05, 3.63) is 36.0 Å². The molecular formula is C23H30N2O3. The van der Waals surface area contributed by atoms with E-state index in [4.69, 9.17) is 14.8 Å². The number of likely N-dealkylation sites (tertiary alicyclic amines) is 1. The monoisotopic (exact) mass is 382 g/mol. The summed E-state index contributed by atoms with van der Waals surface area (Å²) >= 11 is 0. The predicted octanol–water partition coefficient (Wildman–Crippen LogP) is 4.49. The Kier molecular flexibility index (Phi) is 5.81. The summed E-state index contributed by atoms with van der Waals surface area (Å²) in [5.41, 5.74) is 2.03. The summed E-state index contributed by atoms with van der Waals surface area (Å²) in [6.07, 6.45) is 6.60. The maximum Gasteiger partial charge on any atom is 0.306 e. The van der Waals surface area contributed by atoms with Gasteiger partial charge in [0.1, 0.15) is 5.75 Å². The topological polar surface area (TPSA) is 62.7 Å². The van der Waals surface area contributed by atoms with E-state index in [2.05, 4.69) is 36.1 Å². The Morgan fingerprint density at radius 2 is 1.86 bits per heavy atom. The van der Waals surface area contributed by atoms with Gasteiger partial charge < -0.3 is 9.84 Å². The molecule has 1 aliphatic carbocycles. The summed E-state index contributed by atoms with van der Waals surface area (Å²) in [5.74, 6) is 0.919. The van der Waals surface area contributed by atoms with E-state index in [1.54, 1.807) is 0 Å². The van der Waals surface area contributed by atoms with Gasteiger partial charge in [0.05, 0.1) is 23.2 Å². The van der Waals surface area contributed by atoms with Crippen molar-refractivity contribution in [1.82, 2.24) is 9.88 Å². The molecule has 2 fully saturated rings. The van der Waals surface area contributed by atoms with E-state index in [9.17, 15) is 4.79 Å². The van der Waals surface area contributed by atoms with Crippen LogP contribution in [0.1, 0.15) is 51.1 Å². The highest BCUT2D eigenvalue weighted by molar-refractivity contribution is 5.80. The van der Waals surface area contributed by atoms with Crippen LogP contribution in [0.15, 0.2) is 30.3 Å². The first-order chi connectivity index (χ1) is 13.6. The van der Waals surface area contributed by atoms with E-state index in [0.29, 0.717) is 6.10 Å². The van der Waals surface area contributed by atoms with Gasteiger partial charge in [-0.2, -0.15) is 0 Å². The predicted molar refractivity (Wildman–Crippen MR) is 109 cm³/mol. The molecule has 1 aliphatic heterocycles. The Balaban J connectivity index is 1.37. The van der Waals surface area contributed by atoms with Gasteiger partial charge in [-0.1, -0.05) is 13.0 Å². The zero-order valence-electron chi connectivity index (χ0n) is 16.6. The van der Waals surface area contributed by atoms with Crippen molar-refractivity contribution < 1.29 is 14.6 Å². The quantitative estimate of drug-likeness (QED) is 0.825. The second kappa shape index (κ2) is 8.48. The van der Waals surface area contributed by atoms with Gasteiger partial charge in [-0.3, -0.25) is 14.7 Å². The molecule has 2 aromatic rings. The fraction of sp³-hybridized carbons (Fsp3) is 0.565. The van der Waals surface area contributed by atoms with Crippen molar-refractivity contribution in [2.45, 2.75) is 58.1 Å². The van der Waals surface area contributed by atoms with E-state index in [0.717, 1.165) is 73.6 Å². The van der Waals surface area contributed by atoms with Gasteiger partial charge in [0.2, 0.25) is 0 Å². The number of nitrogens with zero attached hydrogens (tertiary/aromatic N) is 2. The Bertz CT molecular complexity index is 822. The molecule has 1 N–H and O–H groups in total. The number of carbonyl (C=O) groups is 1. The third-order valence-corrected chi connectivity index (χ3v) is 6.31. The van der Waals surface area contributed by atoms with E-state index in [1.807, 2.05) is 6.07 Å². The van der Waals surface area contributed by atoms with Crippen molar-refractivity contribution in [2.75, 3.05) is 13.1 Å². The summed E-state index contributed by atoms with van der Waals surface area (Å²) in [6, 6.07) is 10.4. The van der Waals surface area contributed by atoms with Gasteiger partial charge in [0.25, 0.3) is 0 Å². The molecule has 150 valence electrons. The summed E-state index contributed by atoms with van der Waals surface area (Å²) in [6.45, 7) is 4.75. The number of pyridine rings is 1. The number of hydrogen-bond donors (Lipinski definition) is 1. The lowest BCUT2D eigenvalue weighted by Gasteiger charge is -2.29. The summed E-state index contributed by atoms with van der Waals surface area (Å²) in [5, 5.41) is 10.2. The minimum atomic E-state index is -0.663. The van der Waals surface area contributed by atoms with Crippen LogP contribution in [0, 0.1) is 11.8 Å². The SMILES string of the molecule is C[C@H]1CC[C@H](Oc2ccc3nc(CN4CCC(C(=O)O)CC4)ccc3c2)CC1. The molecule has 0 amide bonds. The van der Waals surface area contributed by atoms with E-state index >= 15 is 0 Å². The van der Waals surface area contributed by atoms with Crippen LogP contribution in [0.2, 0.25) is 0 Å². The lowest BCUT2D eigenvalue weighted by Crippen LogP contribution is -2.36. The lowest BCUT2D eigenvalue weighted by atomic mass is 9.89. The number of aromatic nitrogens is 1. The molecule has 2 aliphatic rings. The minimum Gasteiger partial charge on any atom is -0.490 e. The minimum absolute atomic E-state index is 0.188. The number of hydrogen-bond acceptors (Lipinski definition) is 4. The van der Waals surface area contributed by atoms with Gasteiger partial charge in [-0.25, -0.2) is 0 Å². The van der Waals surface area contributed by atoms with Crippen molar-refractivity contribution in [3.8, 4) is 5.75 Å². The number of rotatable bonds is 5. The largest absolute Gasteiger partial charge is 0.490 e. The first-order valence-electron chi connectivity index (χ1n) is 10.6. The molecule has 0 atom stereocenters. The second-order valence-corrected chi connectivity index (χ2v) is 8.55. The fourth-order valence-electron chi connectivity index (χ4n) is 4.41. The average Bonchev–Trinajstić information content (AvgIpc) is 2.70. The van der Waals surface area contributed by atoms with E-state index in [1.165, 1.54) is 12.8 Å². The highest BCUT2D eigenvalue weighted by Crippen LogP contribution is 2.29. The van der Waals surface area contributed by atoms with Gasteiger partial charge in [0, 0.05) is 11.9 Å². The maximum atomic E-state index is 11.1. The summed E-state index contributed by atoms with van der Waals surface area (Å²) in [7, 11) is 0. The fourth-order valence-corrected chi connectivity index (χ4v) is 4.41. The molecular weight excluding hydrogens is 352 g/mol. The van der Waals surface area contributed by atoms with Crippen molar-refractivity contribution in [3.63, 3.8) is 0 Å². The number of aliphatic carboxylic acids is 1. The highest BCUT2D eigenvalue weighted by Gasteiger charge is 2.24. The molecule has 4 rings (SSSR count). The highest BCUT2D eigenvalue weighted by atomic mass is 16.5. The van der Waals surface area contributed by atoms with Gasteiger partial charge in [0.15, 0.2) is 0 Å². The number of piperidine rings is 1. The third-order valence-electron chi connectivity index (χ3n) is 6.31. The summed E-state index contributed by atoms with van der Waals surface area (Å²) in [4.78, 5) is 18.2. The van der Waals surface area contributed by atoms with Gasteiger partial charge >= 0.3 is 5.97 Å². The van der Waals surface area contributed by atoms with Crippen molar-refractivity contribution in [2.24, 2.45) is 11.8 Å². The molecule has 1 aromatic carbocycles. The number of ether oxygens (including phenoxy) is 1. The van der Waals surface area contributed by atoms with Crippen molar-refractivity contribution in [1.29, 1.82) is 0 Å². The number of benzene rings is 1. The van der Waals surface area contributed by atoms with Crippen LogP contribution in [-0.2, 0) is 11.3 Å². The lowest BCUT2D eigenvalue weighted by molar-refractivity contribution is -0.143. The molecule has 0 unspecified atom stereocenters.